The van der Waals surface area contributed by atoms with E-state index in [1.807, 2.05) is 13.8 Å². The Morgan fingerprint density at radius 1 is 1.23 bits per heavy atom. The summed E-state index contributed by atoms with van der Waals surface area (Å²) in [5, 5.41) is -0.206. The van der Waals surface area contributed by atoms with Gasteiger partial charge in [-0.1, -0.05) is 0 Å². The second-order valence-corrected chi connectivity index (χ2v) is 11.3. The zero-order valence-electron chi connectivity index (χ0n) is 17.9. The summed E-state index contributed by atoms with van der Waals surface area (Å²) in [7, 11) is 1.64. The molecule has 2 saturated carbocycles. The molecule has 5 fully saturated rings. The third kappa shape index (κ3) is 3.23. The number of Topliss-reactive ketones (excluding diaryl/α,β-unsaturated/α-hetero) is 1. The molecule has 5 aliphatic rings. The number of rotatable bonds is 4. The Bertz CT molecular complexity index is 730. The Morgan fingerprint density at radius 3 is 2.57 bits per heavy atom. The standard InChI is InChI=1S/C21H33FN4O3S/c1-21(2,23)10-6-7-25(9-10)16-13(22)8-12-15(18(16)29-3)26(11-4-5-11)20-14(17(12)27)19(28)24-30-20/h10-16,18,20H,4-9,23H2,1-3H3,(H,24,28). The summed E-state index contributed by atoms with van der Waals surface area (Å²) in [5.74, 6) is -1.19. The van der Waals surface area contributed by atoms with Gasteiger partial charge in [0, 0.05) is 37.2 Å². The maximum Gasteiger partial charge on any atom is 0.243 e. The topological polar surface area (TPSA) is 87.9 Å². The first-order chi connectivity index (χ1) is 14.2. The van der Waals surface area contributed by atoms with E-state index in [4.69, 9.17) is 10.5 Å². The van der Waals surface area contributed by atoms with Crippen molar-refractivity contribution in [3.8, 4) is 0 Å². The lowest BCUT2D eigenvalue weighted by molar-refractivity contribution is -0.163. The molecule has 0 aromatic carbocycles. The van der Waals surface area contributed by atoms with Crippen LogP contribution in [0, 0.1) is 17.8 Å². The molecule has 0 bridgehead atoms. The van der Waals surface area contributed by atoms with Gasteiger partial charge in [-0.25, -0.2) is 4.39 Å². The highest BCUT2D eigenvalue weighted by atomic mass is 32.2. The molecule has 30 heavy (non-hydrogen) atoms. The van der Waals surface area contributed by atoms with Gasteiger partial charge >= 0.3 is 0 Å². The molecule has 1 amide bonds. The van der Waals surface area contributed by atoms with E-state index < -0.39 is 24.1 Å². The van der Waals surface area contributed by atoms with Crippen LogP contribution >= 0.6 is 11.9 Å². The zero-order chi connectivity index (χ0) is 21.4. The summed E-state index contributed by atoms with van der Waals surface area (Å²) in [5.41, 5.74) is 6.05. The minimum atomic E-state index is -1.16. The normalized spacial score (nSPS) is 45.4. The third-order valence-electron chi connectivity index (χ3n) is 8.03. The molecule has 8 unspecified atom stereocenters. The number of carbonyl (C=O) groups excluding carboxylic acids is 2. The minimum absolute atomic E-state index is 0.102. The van der Waals surface area contributed by atoms with E-state index >= 15 is 4.39 Å². The summed E-state index contributed by atoms with van der Waals surface area (Å²) >= 11 is 1.35. The van der Waals surface area contributed by atoms with Gasteiger partial charge in [0.2, 0.25) is 5.91 Å². The lowest BCUT2D eigenvalue weighted by atomic mass is 9.69. The number of piperidine rings is 1. The van der Waals surface area contributed by atoms with Crippen LogP contribution in [-0.2, 0) is 14.3 Å². The van der Waals surface area contributed by atoms with Crippen LogP contribution < -0.4 is 10.5 Å². The number of methoxy groups -OCH3 is 1. The molecule has 0 radical (unpaired) electrons. The maximum atomic E-state index is 15.7. The number of likely N-dealkylation sites (tertiary alicyclic amines) is 2. The predicted molar refractivity (Wildman–Crippen MR) is 112 cm³/mol. The van der Waals surface area contributed by atoms with Crippen LogP contribution in [0.2, 0.25) is 0 Å². The maximum absolute atomic E-state index is 15.7. The van der Waals surface area contributed by atoms with Crippen LogP contribution in [0.25, 0.3) is 0 Å². The van der Waals surface area contributed by atoms with E-state index in [1.54, 1.807) is 7.11 Å². The quantitative estimate of drug-likeness (QED) is 0.497. The first-order valence-electron chi connectivity index (χ1n) is 11.2. The smallest absolute Gasteiger partial charge is 0.243 e. The molecule has 3 N–H and O–H groups in total. The van der Waals surface area contributed by atoms with Crippen LogP contribution in [0.3, 0.4) is 0 Å². The molecule has 0 aromatic rings. The Labute approximate surface area is 181 Å². The van der Waals surface area contributed by atoms with Crippen LogP contribution in [0.5, 0.6) is 0 Å². The highest BCUT2D eigenvalue weighted by Crippen LogP contribution is 2.50. The monoisotopic (exact) mass is 440 g/mol. The van der Waals surface area contributed by atoms with E-state index in [1.165, 1.54) is 11.9 Å². The summed E-state index contributed by atoms with van der Waals surface area (Å²) < 4.78 is 24.5. The fourth-order valence-electron chi connectivity index (χ4n) is 6.31. The summed E-state index contributed by atoms with van der Waals surface area (Å²) in [6, 6.07) is -0.218. The average Bonchev–Trinajstić information content (AvgIpc) is 3.25. The number of hydrogen-bond acceptors (Lipinski definition) is 7. The Balaban J connectivity index is 1.46. The predicted octanol–water partition coefficient (Wildman–Crippen LogP) is 0.923. The molecule has 0 aromatic heterocycles. The Morgan fingerprint density at radius 2 is 1.97 bits per heavy atom. The number of carbonyl (C=O) groups is 2. The highest BCUT2D eigenvalue weighted by Gasteiger charge is 2.64. The van der Waals surface area contributed by atoms with Gasteiger partial charge in [-0.05, 0) is 63.9 Å². The largest absolute Gasteiger partial charge is 0.378 e. The van der Waals surface area contributed by atoms with Gasteiger partial charge in [-0.15, -0.1) is 0 Å². The van der Waals surface area contributed by atoms with Crippen molar-refractivity contribution >= 4 is 23.6 Å². The highest BCUT2D eigenvalue weighted by molar-refractivity contribution is 7.99. The van der Waals surface area contributed by atoms with Gasteiger partial charge in [0.05, 0.1) is 17.5 Å². The molecule has 5 rings (SSSR count). The van der Waals surface area contributed by atoms with Gasteiger partial charge in [0.1, 0.15) is 12.1 Å². The first kappa shape index (κ1) is 21.1. The van der Waals surface area contributed by atoms with E-state index in [9.17, 15) is 9.59 Å². The SMILES string of the molecule is COC1C(N2CCC(C(C)(C)N)C2)C(F)CC2C(=O)C3C(=O)NSC3N(C3CC3)C21. The second-order valence-electron chi connectivity index (χ2n) is 10.4. The lowest BCUT2D eigenvalue weighted by Gasteiger charge is -2.55. The van der Waals surface area contributed by atoms with Crippen molar-refractivity contribution in [2.75, 3.05) is 20.2 Å². The van der Waals surface area contributed by atoms with Gasteiger partial charge < -0.3 is 10.5 Å². The molecule has 0 spiro atoms. The van der Waals surface area contributed by atoms with Gasteiger partial charge in [0.25, 0.3) is 0 Å². The molecule has 3 saturated heterocycles. The van der Waals surface area contributed by atoms with Crippen LogP contribution in [0.4, 0.5) is 4.39 Å². The van der Waals surface area contributed by atoms with Crippen molar-refractivity contribution in [2.45, 2.75) is 80.8 Å². The van der Waals surface area contributed by atoms with Crippen molar-refractivity contribution < 1.29 is 18.7 Å². The number of ether oxygens (including phenoxy) is 1. The number of halogens is 1. The van der Waals surface area contributed by atoms with E-state index in [-0.39, 0.29) is 41.1 Å². The van der Waals surface area contributed by atoms with Crippen molar-refractivity contribution in [2.24, 2.45) is 23.5 Å². The molecule has 8 atom stereocenters. The van der Waals surface area contributed by atoms with E-state index in [0.717, 1.165) is 32.4 Å². The zero-order valence-corrected chi connectivity index (χ0v) is 18.7. The minimum Gasteiger partial charge on any atom is -0.378 e. The molecule has 7 nitrogen and oxygen atoms in total. The van der Waals surface area contributed by atoms with Crippen LogP contribution in [-0.4, -0.2) is 83.0 Å². The Hall–Kier alpha value is -0.740. The molecule has 3 aliphatic heterocycles. The van der Waals surface area contributed by atoms with Gasteiger partial charge in [0.15, 0.2) is 5.78 Å². The van der Waals surface area contributed by atoms with Gasteiger partial charge in [-0.2, -0.15) is 0 Å². The third-order valence-corrected chi connectivity index (χ3v) is 9.10. The van der Waals surface area contributed by atoms with Crippen LogP contribution in [0.1, 0.15) is 39.5 Å². The molecule has 9 heteroatoms. The average molecular weight is 441 g/mol. The number of nitrogens with two attached hydrogens (primary N) is 1. The van der Waals surface area contributed by atoms with Gasteiger partial charge in [-0.3, -0.25) is 24.1 Å². The van der Waals surface area contributed by atoms with Crippen molar-refractivity contribution in [1.82, 2.24) is 14.5 Å². The molecular formula is C21H33FN4O3S. The molecule has 3 heterocycles. The van der Waals surface area contributed by atoms with E-state index in [2.05, 4.69) is 14.5 Å². The van der Waals surface area contributed by atoms with E-state index in [0.29, 0.717) is 12.0 Å². The fraction of sp³-hybridized carbons (Fsp3) is 0.905. The second kappa shape index (κ2) is 7.40. The number of nitrogens with one attached hydrogen (secondary N) is 1. The fourth-order valence-corrected chi connectivity index (χ4v) is 7.50. The molecular weight excluding hydrogens is 407 g/mol. The number of hydrogen-bond donors (Lipinski definition) is 2. The van der Waals surface area contributed by atoms with Crippen molar-refractivity contribution in [3.05, 3.63) is 0 Å². The Kier molecular flexibility index (Phi) is 5.21. The number of alkyl halides is 1. The molecule has 168 valence electrons. The number of nitrogens with zero attached hydrogens (tertiary/aromatic N) is 2. The first-order valence-corrected chi connectivity index (χ1v) is 12.1. The summed E-state index contributed by atoms with van der Waals surface area (Å²) in [6.45, 7) is 5.62. The van der Waals surface area contributed by atoms with Crippen LogP contribution in [0.15, 0.2) is 0 Å². The summed E-state index contributed by atoms with van der Waals surface area (Å²) in [4.78, 5) is 30.2. The molecule has 2 aliphatic carbocycles. The number of amides is 1. The lowest BCUT2D eigenvalue weighted by Crippen LogP contribution is -2.71. The summed E-state index contributed by atoms with van der Waals surface area (Å²) in [6.07, 6.45) is 1.67. The number of fused-ring (bicyclic) bond motifs is 2. The van der Waals surface area contributed by atoms with Crippen molar-refractivity contribution in [1.29, 1.82) is 0 Å². The van der Waals surface area contributed by atoms with Crippen molar-refractivity contribution in [3.63, 3.8) is 0 Å². The number of ketones is 1.